The highest BCUT2D eigenvalue weighted by Crippen LogP contribution is 2.23. The van der Waals surface area contributed by atoms with Crippen LogP contribution in [0.1, 0.15) is 30.1 Å². The molecule has 5 rings (SSSR count). The van der Waals surface area contributed by atoms with Crippen LogP contribution in [0.15, 0.2) is 42.7 Å². The molecule has 1 N–H and O–H groups in total. The van der Waals surface area contributed by atoms with Gasteiger partial charge in [-0.15, -0.1) is 0 Å². The van der Waals surface area contributed by atoms with Crippen LogP contribution in [0.3, 0.4) is 0 Å². The fourth-order valence-corrected chi connectivity index (χ4v) is 4.51. The first-order valence-electron chi connectivity index (χ1n) is 11.7. The van der Waals surface area contributed by atoms with Crippen LogP contribution in [0.4, 0.5) is 21.6 Å². The summed E-state index contributed by atoms with van der Waals surface area (Å²) in [5, 5.41) is 7.15. The van der Waals surface area contributed by atoms with Crippen molar-refractivity contribution in [2.75, 3.05) is 54.4 Å². The molecule has 178 valence electrons. The van der Waals surface area contributed by atoms with Crippen molar-refractivity contribution in [1.29, 1.82) is 0 Å². The van der Waals surface area contributed by atoms with E-state index in [-0.39, 0.29) is 11.8 Å². The molecule has 2 amide bonds. The van der Waals surface area contributed by atoms with Gasteiger partial charge in [-0.05, 0) is 36.8 Å². The molecule has 10 heteroatoms. The van der Waals surface area contributed by atoms with Crippen molar-refractivity contribution in [2.45, 2.75) is 25.9 Å². The lowest BCUT2D eigenvalue weighted by Gasteiger charge is -2.36. The third-order valence-electron chi connectivity index (χ3n) is 6.48. The number of aromatic nitrogens is 3. The van der Waals surface area contributed by atoms with E-state index in [4.69, 9.17) is 0 Å². The number of hydrogen-bond donors (Lipinski definition) is 1. The average Bonchev–Trinajstić information content (AvgIpc) is 3.50. The van der Waals surface area contributed by atoms with Crippen molar-refractivity contribution in [3.8, 4) is 0 Å². The molecule has 34 heavy (non-hydrogen) atoms. The standard InChI is InChI=1S/C24H28FN7O2/c1-2-22(33)30-13-11-29(12-14-30)19-5-3-18(4-6-19)27-24(34)20-15-26-32-10-8-21(28-23(20)32)31-9-7-17(25)16-31/h3-6,8,10,15,17H,2,7,9,11-14,16H2,1H3,(H,27,34). The summed E-state index contributed by atoms with van der Waals surface area (Å²) in [6.07, 6.45) is 3.41. The Kier molecular flexibility index (Phi) is 6.04. The molecule has 2 aliphatic rings. The number of rotatable bonds is 5. The third kappa shape index (κ3) is 4.40. The molecule has 2 saturated heterocycles. The molecule has 2 fully saturated rings. The van der Waals surface area contributed by atoms with Crippen LogP contribution in [0.5, 0.6) is 0 Å². The van der Waals surface area contributed by atoms with Crippen LogP contribution < -0.4 is 15.1 Å². The van der Waals surface area contributed by atoms with E-state index in [0.29, 0.717) is 48.6 Å². The number of fused-ring (bicyclic) bond motifs is 1. The number of nitrogens with zero attached hydrogens (tertiary/aromatic N) is 6. The molecule has 0 radical (unpaired) electrons. The molecule has 0 bridgehead atoms. The predicted molar refractivity (Wildman–Crippen MR) is 128 cm³/mol. The molecule has 1 aromatic carbocycles. The quantitative estimate of drug-likeness (QED) is 0.624. The number of halogens is 1. The molecule has 2 aromatic heterocycles. The summed E-state index contributed by atoms with van der Waals surface area (Å²) in [5.74, 6) is 0.537. The zero-order valence-corrected chi connectivity index (χ0v) is 19.2. The Morgan fingerprint density at radius 2 is 1.82 bits per heavy atom. The predicted octanol–water partition coefficient (Wildman–Crippen LogP) is 2.59. The highest BCUT2D eigenvalue weighted by molar-refractivity contribution is 6.08. The Morgan fingerprint density at radius 1 is 1.06 bits per heavy atom. The van der Waals surface area contributed by atoms with E-state index in [9.17, 15) is 14.0 Å². The highest BCUT2D eigenvalue weighted by atomic mass is 19.1. The van der Waals surface area contributed by atoms with Gasteiger partial charge in [-0.25, -0.2) is 13.9 Å². The molecular weight excluding hydrogens is 437 g/mol. The monoisotopic (exact) mass is 465 g/mol. The second-order valence-corrected chi connectivity index (χ2v) is 8.67. The zero-order valence-electron chi connectivity index (χ0n) is 19.2. The fraction of sp³-hybridized carbons (Fsp3) is 0.417. The van der Waals surface area contributed by atoms with Crippen molar-refractivity contribution in [1.82, 2.24) is 19.5 Å². The molecule has 0 spiro atoms. The minimum atomic E-state index is -0.851. The molecule has 3 aromatic rings. The summed E-state index contributed by atoms with van der Waals surface area (Å²) in [4.78, 5) is 35.4. The summed E-state index contributed by atoms with van der Waals surface area (Å²) in [7, 11) is 0. The number of hydrogen-bond acceptors (Lipinski definition) is 6. The van der Waals surface area contributed by atoms with Crippen molar-refractivity contribution >= 4 is 34.7 Å². The number of amides is 2. The molecule has 1 atom stereocenters. The second-order valence-electron chi connectivity index (χ2n) is 8.67. The number of anilines is 3. The maximum atomic E-state index is 13.6. The van der Waals surface area contributed by atoms with Gasteiger partial charge in [0.05, 0.1) is 12.7 Å². The maximum absolute atomic E-state index is 13.6. The van der Waals surface area contributed by atoms with E-state index in [1.807, 2.05) is 41.0 Å². The summed E-state index contributed by atoms with van der Waals surface area (Å²) < 4.78 is 15.2. The first-order valence-corrected chi connectivity index (χ1v) is 11.7. The van der Waals surface area contributed by atoms with Gasteiger partial charge < -0.3 is 20.0 Å². The van der Waals surface area contributed by atoms with Crippen molar-refractivity contribution in [2.24, 2.45) is 0 Å². The summed E-state index contributed by atoms with van der Waals surface area (Å²) >= 11 is 0. The maximum Gasteiger partial charge on any atom is 0.261 e. The number of carbonyl (C=O) groups excluding carboxylic acids is 2. The average molecular weight is 466 g/mol. The van der Waals surface area contributed by atoms with Crippen LogP contribution in [0, 0.1) is 0 Å². The molecular formula is C24H28FN7O2. The van der Waals surface area contributed by atoms with E-state index in [1.54, 1.807) is 16.8 Å². The normalized spacial score (nSPS) is 18.5. The first kappa shape index (κ1) is 22.1. The summed E-state index contributed by atoms with van der Waals surface area (Å²) in [6, 6.07) is 9.47. The highest BCUT2D eigenvalue weighted by Gasteiger charge is 2.24. The van der Waals surface area contributed by atoms with E-state index in [2.05, 4.69) is 20.3 Å². The van der Waals surface area contributed by atoms with Gasteiger partial charge in [0.2, 0.25) is 5.91 Å². The lowest BCUT2D eigenvalue weighted by molar-refractivity contribution is -0.131. The first-order chi connectivity index (χ1) is 16.5. The zero-order chi connectivity index (χ0) is 23.7. The van der Waals surface area contributed by atoms with Gasteiger partial charge in [-0.3, -0.25) is 9.59 Å². The number of alkyl halides is 1. The largest absolute Gasteiger partial charge is 0.368 e. The van der Waals surface area contributed by atoms with E-state index >= 15 is 0 Å². The molecule has 9 nitrogen and oxygen atoms in total. The van der Waals surface area contributed by atoms with Crippen LogP contribution in [0.25, 0.3) is 5.65 Å². The topological polar surface area (TPSA) is 86.1 Å². The van der Waals surface area contributed by atoms with Gasteiger partial charge in [-0.2, -0.15) is 5.10 Å². The smallest absolute Gasteiger partial charge is 0.261 e. The van der Waals surface area contributed by atoms with Gasteiger partial charge in [-0.1, -0.05) is 6.92 Å². The van der Waals surface area contributed by atoms with Gasteiger partial charge in [0.25, 0.3) is 5.91 Å². The van der Waals surface area contributed by atoms with Crippen molar-refractivity contribution in [3.05, 3.63) is 48.3 Å². The molecule has 0 aliphatic carbocycles. The number of nitrogens with one attached hydrogen (secondary N) is 1. The van der Waals surface area contributed by atoms with E-state index in [1.165, 1.54) is 6.20 Å². The molecule has 1 unspecified atom stereocenters. The van der Waals surface area contributed by atoms with Crippen LogP contribution in [0.2, 0.25) is 0 Å². The fourth-order valence-electron chi connectivity index (χ4n) is 4.51. The second kappa shape index (κ2) is 9.28. The van der Waals surface area contributed by atoms with E-state index in [0.717, 1.165) is 31.9 Å². The lowest BCUT2D eigenvalue weighted by atomic mass is 10.2. The van der Waals surface area contributed by atoms with Crippen molar-refractivity contribution < 1.29 is 14.0 Å². The number of benzene rings is 1. The summed E-state index contributed by atoms with van der Waals surface area (Å²) in [6.45, 7) is 5.82. The molecule has 2 aliphatic heterocycles. The molecule has 0 saturated carbocycles. The molecule has 4 heterocycles. The van der Waals surface area contributed by atoms with Crippen LogP contribution in [-0.2, 0) is 4.79 Å². The minimum Gasteiger partial charge on any atom is -0.368 e. The third-order valence-corrected chi connectivity index (χ3v) is 6.48. The Morgan fingerprint density at radius 3 is 2.50 bits per heavy atom. The Hall–Kier alpha value is -3.69. The van der Waals surface area contributed by atoms with Gasteiger partial charge in [0, 0.05) is 56.7 Å². The van der Waals surface area contributed by atoms with Gasteiger partial charge in [0.1, 0.15) is 17.6 Å². The number of piperazine rings is 1. The van der Waals surface area contributed by atoms with Crippen LogP contribution >= 0.6 is 0 Å². The lowest BCUT2D eigenvalue weighted by Crippen LogP contribution is -2.48. The van der Waals surface area contributed by atoms with Crippen molar-refractivity contribution in [3.63, 3.8) is 0 Å². The Labute approximate surface area is 197 Å². The van der Waals surface area contributed by atoms with Crippen LogP contribution in [-0.4, -0.2) is 76.8 Å². The van der Waals surface area contributed by atoms with Gasteiger partial charge in [0.15, 0.2) is 5.65 Å². The SMILES string of the molecule is CCC(=O)N1CCN(c2ccc(NC(=O)c3cnn4ccc(N5CCC(F)C5)nc34)cc2)CC1. The number of carbonyl (C=O) groups is 2. The Balaban J connectivity index is 1.25. The van der Waals surface area contributed by atoms with Gasteiger partial charge >= 0.3 is 0 Å². The van der Waals surface area contributed by atoms with E-state index < -0.39 is 6.17 Å². The minimum absolute atomic E-state index is 0.194. The summed E-state index contributed by atoms with van der Waals surface area (Å²) in [5.41, 5.74) is 2.52. The Bertz CT molecular complexity index is 1190.